The van der Waals surface area contributed by atoms with Crippen molar-refractivity contribution < 1.29 is 31.3 Å². The zero-order valence-corrected chi connectivity index (χ0v) is 13.4. The first-order chi connectivity index (χ1) is 10.1. The average molecular weight is 340 g/mol. The van der Waals surface area contributed by atoms with Gasteiger partial charge in [-0.1, -0.05) is 19.8 Å². The molecule has 0 aromatic heterocycles. The van der Waals surface area contributed by atoms with E-state index in [4.69, 9.17) is 9.29 Å². The van der Waals surface area contributed by atoms with Gasteiger partial charge >= 0.3 is 21.3 Å². The van der Waals surface area contributed by atoms with Gasteiger partial charge in [0.2, 0.25) is 0 Å². The summed E-state index contributed by atoms with van der Waals surface area (Å²) in [6, 6.07) is 0. The van der Waals surface area contributed by atoms with E-state index in [-0.39, 0.29) is 0 Å². The lowest BCUT2D eigenvalue weighted by Crippen LogP contribution is -2.43. The summed E-state index contributed by atoms with van der Waals surface area (Å²) in [7, 11) is -5.48. The molecule has 2 saturated carbocycles. The molecule has 22 heavy (non-hydrogen) atoms. The van der Waals surface area contributed by atoms with Crippen LogP contribution in [0.2, 0.25) is 0 Å². The van der Waals surface area contributed by atoms with Crippen LogP contribution in [0, 0.1) is 17.3 Å². The van der Waals surface area contributed by atoms with Gasteiger partial charge in [0, 0.05) is 0 Å². The zero-order valence-electron chi connectivity index (χ0n) is 12.6. The molecular formula is C14H22F2O5S. The molecule has 2 bridgehead atoms. The van der Waals surface area contributed by atoms with Gasteiger partial charge in [-0.15, -0.1) is 0 Å². The summed E-state index contributed by atoms with van der Waals surface area (Å²) in [6.07, 6.45) is 3.97. The Morgan fingerprint density at radius 2 is 2.09 bits per heavy atom. The Hall–Kier alpha value is -0.760. The van der Waals surface area contributed by atoms with E-state index in [2.05, 4.69) is 6.92 Å². The van der Waals surface area contributed by atoms with Crippen molar-refractivity contribution in [3.8, 4) is 0 Å². The number of hydrogen-bond acceptors (Lipinski definition) is 4. The molecule has 0 aromatic carbocycles. The summed E-state index contributed by atoms with van der Waals surface area (Å²) < 4.78 is 60.6. The van der Waals surface area contributed by atoms with Crippen LogP contribution in [-0.4, -0.2) is 30.8 Å². The van der Waals surface area contributed by atoms with Crippen molar-refractivity contribution in [1.82, 2.24) is 0 Å². The van der Waals surface area contributed by atoms with Crippen LogP contribution in [0.3, 0.4) is 0 Å². The summed E-state index contributed by atoms with van der Waals surface area (Å²) >= 11 is 0. The molecule has 0 saturated heterocycles. The lowest BCUT2D eigenvalue weighted by Gasteiger charge is -2.45. The zero-order chi connectivity index (χ0) is 16.6. The smallest absolute Gasteiger partial charge is 0.373 e. The molecule has 0 spiro atoms. The third kappa shape index (κ3) is 3.59. The third-order valence-corrected chi connectivity index (χ3v) is 5.82. The van der Waals surface area contributed by atoms with Gasteiger partial charge in [-0.2, -0.15) is 17.2 Å². The molecule has 128 valence electrons. The summed E-state index contributed by atoms with van der Waals surface area (Å²) in [5.74, 6) is 0.366. The number of carbonyl (C=O) groups is 1. The number of alkyl halides is 2. The normalized spacial score (nSPS) is 32.5. The summed E-state index contributed by atoms with van der Waals surface area (Å²) in [5, 5.41) is -4.29. The van der Waals surface area contributed by atoms with E-state index in [1.54, 1.807) is 0 Å². The van der Waals surface area contributed by atoms with Gasteiger partial charge in [0.05, 0.1) is 18.4 Å². The lowest BCUT2D eigenvalue weighted by atomic mass is 9.59. The van der Waals surface area contributed by atoms with Crippen molar-refractivity contribution >= 4 is 16.1 Å². The molecule has 1 N–H and O–H groups in total. The molecule has 2 aliphatic rings. The van der Waals surface area contributed by atoms with Crippen molar-refractivity contribution in [3.05, 3.63) is 0 Å². The molecule has 0 aliphatic heterocycles. The second kappa shape index (κ2) is 6.03. The van der Waals surface area contributed by atoms with Gasteiger partial charge in [-0.05, 0) is 37.5 Å². The Balaban J connectivity index is 1.94. The molecule has 0 radical (unpaired) electrons. The largest absolute Gasteiger partial charge is 0.465 e. The number of hydrogen-bond donors (Lipinski definition) is 1. The van der Waals surface area contributed by atoms with E-state index in [0.29, 0.717) is 24.7 Å². The maximum atomic E-state index is 13.1. The van der Waals surface area contributed by atoms with Gasteiger partial charge in [-0.25, -0.2) is 0 Å². The minimum Gasteiger partial charge on any atom is -0.465 e. The van der Waals surface area contributed by atoms with E-state index < -0.39 is 39.8 Å². The predicted octanol–water partition coefficient (Wildman–Crippen LogP) is 3.01. The molecule has 5 nitrogen and oxygen atoms in total. The number of esters is 1. The van der Waals surface area contributed by atoms with Crippen LogP contribution in [0.1, 0.15) is 51.9 Å². The second-order valence-corrected chi connectivity index (χ2v) is 8.33. The molecule has 2 rings (SSSR count). The van der Waals surface area contributed by atoms with Gasteiger partial charge < -0.3 is 4.74 Å². The Kier molecular flexibility index (Phi) is 4.82. The van der Waals surface area contributed by atoms with E-state index >= 15 is 0 Å². The first-order valence-electron chi connectivity index (χ1n) is 7.58. The fraction of sp³-hybridized carbons (Fsp3) is 0.929. The quantitative estimate of drug-likeness (QED) is 0.615. The Morgan fingerprint density at radius 3 is 2.73 bits per heavy atom. The van der Waals surface area contributed by atoms with Crippen LogP contribution in [0.4, 0.5) is 8.78 Å². The molecular weight excluding hydrogens is 318 g/mol. The minimum atomic E-state index is -5.48. The molecule has 0 aromatic rings. The molecule has 0 amide bonds. The van der Waals surface area contributed by atoms with Gasteiger partial charge in [-0.3, -0.25) is 9.35 Å². The monoisotopic (exact) mass is 340 g/mol. The Bertz CT molecular complexity index is 529. The molecule has 2 fully saturated rings. The first-order valence-corrected chi connectivity index (χ1v) is 9.02. The predicted molar refractivity (Wildman–Crippen MR) is 74.9 cm³/mol. The summed E-state index contributed by atoms with van der Waals surface area (Å²) in [4.78, 5) is 12.3. The fourth-order valence-corrected chi connectivity index (χ4v) is 4.35. The van der Waals surface area contributed by atoms with Crippen molar-refractivity contribution in [1.29, 1.82) is 0 Å². The van der Waals surface area contributed by atoms with E-state index in [9.17, 15) is 22.0 Å². The molecule has 0 heterocycles. The van der Waals surface area contributed by atoms with Crippen molar-refractivity contribution in [2.24, 2.45) is 17.3 Å². The highest BCUT2D eigenvalue weighted by molar-refractivity contribution is 7.86. The molecule has 3 atom stereocenters. The number of ether oxygens (including phenoxy) is 1. The highest BCUT2D eigenvalue weighted by atomic mass is 32.2. The number of fused-ring (bicyclic) bond motifs is 2. The van der Waals surface area contributed by atoms with E-state index in [1.807, 2.05) is 0 Å². The molecule has 2 aliphatic carbocycles. The van der Waals surface area contributed by atoms with Crippen molar-refractivity contribution in [2.45, 2.75) is 57.1 Å². The first kappa shape index (κ1) is 17.6. The van der Waals surface area contributed by atoms with Crippen LogP contribution in [0.15, 0.2) is 0 Å². The maximum Gasteiger partial charge on any atom is 0.373 e. The van der Waals surface area contributed by atoms with Gasteiger partial charge in [0.15, 0.2) is 0 Å². The molecule has 8 heteroatoms. The Labute approximate surface area is 129 Å². The lowest BCUT2D eigenvalue weighted by molar-refractivity contribution is -0.164. The van der Waals surface area contributed by atoms with Crippen LogP contribution < -0.4 is 0 Å². The van der Waals surface area contributed by atoms with Crippen LogP contribution in [0.25, 0.3) is 0 Å². The minimum absolute atomic E-state index is 0.394. The third-order valence-electron chi connectivity index (χ3n) is 4.86. The summed E-state index contributed by atoms with van der Waals surface area (Å²) in [6.45, 7) is 1.36. The second-order valence-electron chi connectivity index (χ2n) is 6.79. The number of rotatable bonds is 5. The molecule has 3 unspecified atom stereocenters. The fourth-order valence-electron chi connectivity index (χ4n) is 4.01. The van der Waals surface area contributed by atoms with Crippen LogP contribution >= 0.6 is 0 Å². The van der Waals surface area contributed by atoms with E-state index in [0.717, 1.165) is 25.7 Å². The Morgan fingerprint density at radius 1 is 1.41 bits per heavy atom. The highest BCUT2D eigenvalue weighted by Gasteiger charge is 2.49. The topological polar surface area (TPSA) is 80.7 Å². The average Bonchev–Trinajstić information content (AvgIpc) is 2.36. The van der Waals surface area contributed by atoms with Crippen LogP contribution in [-0.2, 0) is 19.6 Å². The SMILES string of the molecule is CC1CC2CCCC(C(=O)OCCC(F)(F)S(=O)(=O)O)(C1)C2. The van der Waals surface area contributed by atoms with Gasteiger partial charge in [0.1, 0.15) is 0 Å². The van der Waals surface area contributed by atoms with Crippen molar-refractivity contribution in [2.75, 3.05) is 6.61 Å². The number of halogens is 2. The standard InChI is InChI=1S/C14H22F2O5S/c1-10-7-11-3-2-4-13(8-10,9-11)12(17)21-6-5-14(15,16)22(18,19)20/h10-11H,2-9H2,1H3,(H,18,19,20). The van der Waals surface area contributed by atoms with Crippen molar-refractivity contribution in [3.63, 3.8) is 0 Å². The van der Waals surface area contributed by atoms with Crippen LogP contribution in [0.5, 0.6) is 0 Å². The van der Waals surface area contributed by atoms with Gasteiger partial charge in [0.25, 0.3) is 0 Å². The summed E-state index contributed by atoms with van der Waals surface area (Å²) in [5.41, 5.74) is -0.603. The van der Waals surface area contributed by atoms with E-state index in [1.165, 1.54) is 0 Å². The highest BCUT2D eigenvalue weighted by Crippen LogP contribution is 2.51. The number of carbonyl (C=O) groups excluding carboxylic acids is 1. The maximum absolute atomic E-state index is 13.1.